The van der Waals surface area contributed by atoms with Gasteiger partial charge in [0.2, 0.25) is 0 Å². The van der Waals surface area contributed by atoms with E-state index < -0.39 is 0 Å². The molecule has 0 amide bonds. The van der Waals surface area contributed by atoms with Crippen molar-refractivity contribution in [2.24, 2.45) is 5.92 Å². The fourth-order valence-corrected chi connectivity index (χ4v) is 0.724. The highest BCUT2D eigenvalue weighted by atomic mass is 14.9. The molecule has 1 aliphatic carbocycles. The van der Waals surface area contributed by atoms with Gasteiger partial charge in [0, 0.05) is 6.04 Å². The summed E-state index contributed by atoms with van der Waals surface area (Å²) in [6.45, 7) is 2.27. The van der Waals surface area contributed by atoms with Crippen LogP contribution in [0.4, 0.5) is 0 Å². The summed E-state index contributed by atoms with van der Waals surface area (Å²) in [5.74, 6) is 0.954. The Morgan fingerprint density at radius 1 is 1.67 bits per heavy atom. The van der Waals surface area contributed by atoms with Gasteiger partial charge in [-0.3, -0.25) is 0 Å². The molecule has 36 valence electrons. The van der Waals surface area contributed by atoms with Gasteiger partial charge in [0.1, 0.15) is 0 Å². The maximum Gasteiger partial charge on any atom is 0.00933 e. The lowest BCUT2D eigenvalue weighted by Gasteiger charge is -1.84. The van der Waals surface area contributed by atoms with Gasteiger partial charge in [-0.2, -0.15) is 0 Å². The van der Waals surface area contributed by atoms with Crippen LogP contribution in [0, 0.1) is 5.92 Å². The minimum atomic E-state index is 0.852. The van der Waals surface area contributed by atoms with Gasteiger partial charge in [0.05, 0.1) is 0 Å². The fraction of sp³-hybridized carbons (Fsp3) is 1.00. The Morgan fingerprint density at radius 2 is 2.17 bits per heavy atom. The lowest BCUT2D eigenvalue weighted by atomic mass is 10.5. The molecule has 1 heteroatoms. The first-order valence-electron chi connectivity index (χ1n) is 2.52. The van der Waals surface area contributed by atoms with Crippen molar-refractivity contribution in [2.45, 2.75) is 19.4 Å². The summed E-state index contributed by atoms with van der Waals surface area (Å²) >= 11 is 0. The number of hydrogen-bond acceptors (Lipinski definition) is 1. The first-order chi connectivity index (χ1) is 2.84. The summed E-state index contributed by atoms with van der Waals surface area (Å²) in [7, 11) is 2.02. The monoisotopic (exact) mass is 85.1 g/mol. The van der Waals surface area contributed by atoms with Gasteiger partial charge in [-0.25, -0.2) is 0 Å². The third kappa shape index (κ3) is 0.548. The van der Waals surface area contributed by atoms with E-state index in [1.165, 1.54) is 6.42 Å². The maximum absolute atomic E-state index is 3.19. The molecule has 1 unspecified atom stereocenters. The van der Waals surface area contributed by atoms with E-state index in [1.807, 2.05) is 7.05 Å². The molecule has 1 N–H and O–H groups in total. The van der Waals surface area contributed by atoms with Crippen molar-refractivity contribution in [2.75, 3.05) is 7.05 Å². The normalized spacial score (nSPS) is 43.0. The number of nitrogens with one attached hydrogen (secondary N) is 1. The summed E-state index contributed by atoms with van der Waals surface area (Å²) in [6.07, 6.45) is 1.39. The van der Waals surface area contributed by atoms with Gasteiger partial charge >= 0.3 is 0 Å². The van der Waals surface area contributed by atoms with Gasteiger partial charge in [-0.05, 0) is 19.4 Å². The molecule has 1 saturated carbocycles. The molecule has 0 aromatic carbocycles. The summed E-state index contributed by atoms with van der Waals surface area (Å²) in [6, 6.07) is 0.852. The smallest absolute Gasteiger partial charge is 0.00933 e. The van der Waals surface area contributed by atoms with Crippen LogP contribution in [-0.2, 0) is 0 Å². The largest absolute Gasteiger partial charge is 0.317 e. The van der Waals surface area contributed by atoms with E-state index >= 15 is 0 Å². The predicted octanol–water partition coefficient (Wildman–Crippen LogP) is 0.614. The molecule has 1 fully saturated rings. The average molecular weight is 85.1 g/mol. The summed E-state index contributed by atoms with van der Waals surface area (Å²) in [5.41, 5.74) is 0. The lowest BCUT2D eigenvalue weighted by molar-refractivity contribution is 0.747. The van der Waals surface area contributed by atoms with Crippen molar-refractivity contribution in [3.8, 4) is 0 Å². The van der Waals surface area contributed by atoms with Crippen LogP contribution < -0.4 is 5.32 Å². The Labute approximate surface area is 38.7 Å². The number of rotatable bonds is 1. The Hall–Kier alpha value is -0.0400. The third-order valence-electron chi connectivity index (χ3n) is 1.48. The summed E-state index contributed by atoms with van der Waals surface area (Å²) < 4.78 is 0. The molecule has 1 nitrogen and oxygen atoms in total. The Morgan fingerprint density at radius 3 is 2.17 bits per heavy atom. The highest BCUT2D eigenvalue weighted by Crippen LogP contribution is 2.27. The van der Waals surface area contributed by atoms with E-state index in [1.54, 1.807) is 0 Å². The molecule has 1 aliphatic rings. The van der Waals surface area contributed by atoms with Crippen molar-refractivity contribution in [3.05, 3.63) is 0 Å². The first kappa shape index (κ1) is 4.13. The maximum atomic E-state index is 3.19. The standard InChI is InChI=1S/C5H11N/c1-4-3-5(4)6-2/h4-6H,3H2,1-2H3/t4-,5?/m1/s1. The Bertz CT molecular complexity index is 49.9. The van der Waals surface area contributed by atoms with Crippen molar-refractivity contribution in [1.82, 2.24) is 5.32 Å². The average Bonchev–Trinajstić information content (AvgIpc) is 2.19. The zero-order chi connectivity index (χ0) is 4.57. The van der Waals surface area contributed by atoms with Gasteiger partial charge in [0.15, 0.2) is 0 Å². The summed E-state index contributed by atoms with van der Waals surface area (Å²) in [5, 5.41) is 3.19. The highest BCUT2D eigenvalue weighted by Gasteiger charge is 2.29. The van der Waals surface area contributed by atoms with Gasteiger partial charge in [0.25, 0.3) is 0 Å². The van der Waals surface area contributed by atoms with Crippen LogP contribution in [0.25, 0.3) is 0 Å². The fourth-order valence-electron chi connectivity index (χ4n) is 0.724. The van der Waals surface area contributed by atoms with E-state index in [9.17, 15) is 0 Å². The second-order valence-corrected chi connectivity index (χ2v) is 2.11. The minimum absolute atomic E-state index is 0.852. The molecule has 6 heavy (non-hydrogen) atoms. The quantitative estimate of drug-likeness (QED) is 0.492. The highest BCUT2D eigenvalue weighted by molar-refractivity contribution is 4.87. The lowest BCUT2D eigenvalue weighted by Crippen LogP contribution is -2.09. The molecular weight excluding hydrogens is 74.1 g/mol. The second kappa shape index (κ2) is 1.23. The van der Waals surface area contributed by atoms with Crippen LogP contribution in [0.5, 0.6) is 0 Å². The van der Waals surface area contributed by atoms with E-state index in [4.69, 9.17) is 0 Å². The van der Waals surface area contributed by atoms with Crippen LogP contribution in [0.15, 0.2) is 0 Å². The molecule has 0 aromatic heterocycles. The molecule has 2 atom stereocenters. The molecule has 0 radical (unpaired) electrons. The molecule has 0 heterocycles. The predicted molar refractivity (Wildman–Crippen MR) is 26.6 cm³/mol. The van der Waals surface area contributed by atoms with Crippen molar-refractivity contribution in [1.29, 1.82) is 0 Å². The van der Waals surface area contributed by atoms with E-state index in [-0.39, 0.29) is 0 Å². The zero-order valence-electron chi connectivity index (χ0n) is 4.36. The van der Waals surface area contributed by atoms with Crippen LogP contribution in [0.3, 0.4) is 0 Å². The molecule has 0 saturated heterocycles. The van der Waals surface area contributed by atoms with Crippen molar-refractivity contribution in [3.63, 3.8) is 0 Å². The minimum Gasteiger partial charge on any atom is -0.317 e. The Kier molecular flexibility index (Phi) is 0.845. The molecule has 1 rings (SSSR count). The van der Waals surface area contributed by atoms with Crippen LogP contribution in [0.1, 0.15) is 13.3 Å². The van der Waals surface area contributed by atoms with Gasteiger partial charge in [-0.1, -0.05) is 6.92 Å². The van der Waals surface area contributed by atoms with Crippen molar-refractivity contribution < 1.29 is 0 Å². The SMILES string of the molecule is CNC1C[C@H]1C. The summed E-state index contributed by atoms with van der Waals surface area (Å²) in [4.78, 5) is 0. The third-order valence-corrected chi connectivity index (χ3v) is 1.48. The molecular formula is C5H11N. The first-order valence-corrected chi connectivity index (χ1v) is 2.52. The molecule has 0 spiro atoms. The van der Waals surface area contributed by atoms with E-state index in [0.29, 0.717) is 0 Å². The van der Waals surface area contributed by atoms with Gasteiger partial charge < -0.3 is 5.32 Å². The van der Waals surface area contributed by atoms with E-state index in [0.717, 1.165) is 12.0 Å². The topological polar surface area (TPSA) is 12.0 Å². The zero-order valence-corrected chi connectivity index (χ0v) is 4.36. The van der Waals surface area contributed by atoms with Crippen LogP contribution >= 0.6 is 0 Å². The molecule has 0 bridgehead atoms. The van der Waals surface area contributed by atoms with Crippen LogP contribution in [-0.4, -0.2) is 13.1 Å². The molecule has 0 aromatic rings. The van der Waals surface area contributed by atoms with Crippen molar-refractivity contribution >= 4 is 0 Å². The van der Waals surface area contributed by atoms with Crippen LogP contribution in [0.2, 0.25) is 0 Å². The number of hydrogen-bond donors (Lipinski definition) is 1. The Balaban J connectivity index is 2.09. The second-order valence-electron chi connectivity index (χ2n) is 2.11. The van der Waals surface area contributed by atoms with E-state index in [2.05, 4.69) is 12.2 Å². The molecule has 0 aliphatic heterocycles. The van der Waals surface area contributed by atoms with Gasteiger partial charge in [-0.15, -0.1) is 0 Å².